The third-order valence-electron chi connectivity index (χ3n) is 3.58. The molecule has 14 heavy (non-hydrogen) atoms. The van der Waals surface area contributed by atoms with Gasteiger partial charge in [0.25, 0.3) is 0 Å². The number of ether oxygens (including phenoxy) is 2. The molecule has 0 saturated carbocycles. The van der Waals surface area contributed by atoms with E-state index < -0.39 is 6.29 Å². The van der Waals surface area contributed by atoms with Gasteiger partial charge < -0.3 is 9.47 Å². The molecule has 2 aliphatic heterocycles. The largest absolute Gasteiger partial charge is 0.343 e. The zero-order chi connectivity index (χ0) is 9.71. The molecule has 0 N–H and O–H groups in total. The van der Waals surface area contributed by atoms with Crippen molar-refractivity contribution in [3.63, 3.8) is 0 Å². The maximum absolute atomic E-state index is 11.8. The third kappa shape index (κ3) is 1.09. The fourth-order valence-corrected chi connectivity index (χ4v) is 2.79. The maximum Gasteiger partial charge on any atom is 0.218 e. The average molecular weight is 194 g/mol. The summed E-state index contributed by atoms with van der Waals surface area (Å²) in [5.41, 5.74) is 1.38. The first-order valence-corrected chi connectivity index (χ1v) is 5.22. The molecule has 0 aromatic heterocycles. The standard InChI is InChI=1S/C11H14O3/c1-6-2-3-7-8(4-6)9-5-13-11(14-9)10(7)12/h2,7-9,11H,3-5H2,1H3. The van der Waals surface area contributed by atoms with Crippen LogP contribution in [0, 0.1) is 11.8 Å². The molecule has 0 amide bonds. The van der Waals surface area contributed by atoms with Crippen LogP contribution in [0.2, 0.25) is 0 Å². The lowest BCUT2D eigenvalue weighted by Gasteiger charge is -2.36. The Kier molecular flexibility index (Phi) is 1.79. The Hall–Kier alpha value is -0.670. The van der Waals surface area contributed by atoms with Crippen LogP contribution in [0.4, 0.5) is 0 Å². The number of hydrogen-bond donors (Lipinski definition) is 0. The number of Topliss-reactive ketones (excluding diaryl/α,β-unsaturated/α-hetero) is 1. The molecule has 3 aliphatic rings. The Bertz CT molecular complexity index is 308. The van der Waals surface area contributed by atoms with Crippen molar-refractivity contribution in [2.24, 2.45) is 11.8 Å². The van der Waals surface area contributed by atoms with Crippen LogP contribution in [-0.2, 0) is 14.3 Å². The second-order valence-electron chi connectivity index (χ2n) is 4.50. The summed E-state index contributed by atoms with van der Waals surface area (Å²) in [4.78, 5) is 11.8. The molecule has 3 rings (SSSR count). The van der Waals surface area contributed by atoms with Crippen molar-refractivity contribution < 1.29 is 14.3 Å². The second kappa shape index (κ2) is 2.91. The second-order valence-corrected chi connectivity index (χ2v) is 4.50. The lowest BCUT2D eigenvalue weighted by molar-refractivity contribution is -0.165. The highest BCUT2D eigenvalue weighted by atomic mass is 16.7. The number of carbonyl (C=O) groups excluding carboxylic acids is 1. The molecule has 0 spiro atoms. The first-order valence-electron chi connectivity index (χ1n) is 5.22. The molecule has 3 nitrogen and oxygen atoms in total. The van der Waals surface area contributed by atoms with Crippen LogP contribution in [0.5, 0.6) is 0 Å². The van der Waals surface area contributed by atoms with Crippen molar-refractivity contribution in [2.75, 3.05) is 6.61 Å². The van der Waals surface area contributed by atoms with Gasteiger partial charge in [-0.15, -0.1) is 0 Å². The Balaban J connectivity index is 1.93. The summed E-state index contributed by atoms with van der Waals surface area (Å²) in [6.07, 6.45) is 3.68. The maximum atomic E-state index is 11.8. The average Bonchev–Trinajstić information content (AvgIpc) is 2.60. The summed E-state index contributed by atoms with van der Waals surface area (Å²) in [5, 5.41) is 0. The number of allylic oxidation sites excluding steroid dienone is 2. The molecule has 2 saturated heterocycles. The van der Waals surface area contributed by atoms with E-state index >= 15 is 0 Å². The van der Waals surface area contributed by atoms with E-state index in [9.17, 15) is 4.79 Å². The van der Waals surface area contributed by atoms with E-state index in [0.29, 0.717) is 12.5 Å². The highest BCUT2D eigenvalue weighted by Gasteiger charge is 2.49. The minimum atomic E-state index is -0.548. The quantitative estimate of drug-likeness (QED) is 0.545. The van der Waals surface area contributed by atoms with E-state index in [2.05, 4.69) is 13.0 Å². The molecule has 0 aromatic rings. The summed E-state index contributed by atoms with van der Waals surface area (Å²) in [7, 11) is 0. The van der Waals surface area contributed by atoms with E-state index in [1.807, 2.05) is 0 Å². The van der Waals surface area contributed by atoms with E-state index in [0.717, 1.165) is 12.8 Å². The molecule has 1 aliphatic carbocycles. The van der Waals surface area contributed by atoms with Crippen LogP contribution in [-0.4, -0.2) is 24.8 Å². The lowest BCUT2D eigenvalue weighted by Crippen LogP contribution is -2.44. The van der Waals surface area contributed by atoms with Crippen molar-refractivity contribution in [2.45, 2.75) is 32.2 Å². The van der Waals surface area contributed by atoms with Crippen molar-refractivity contribution in [1.29, 1.82) is 0 Å². The van der Waals surface area contributed by atoms with E-state index in [-0.39, 0.29) is 17.8 Å². The molecular weight excluding hydrogens is 180 g/mol. The molecule has 0 radical (unpaired) electrons. The minimum absolute atomic E-state index is 0.157. The van der Waals surface area contributed by atoms with Crippen LogP contribution in [0.15, 0.2) is 11.6 Å². The zero-order valence-corrected chi connectivity index (χ0v) is 8.23. The first kappa shape index (κ1) is 8.62. The summed E-state index contributed by atoms with van der Waals surface area (Å²) in [6.45, 7) is 2.73. The topological polar surface area (TPSA) is 35.5 Å². The van der Waals surface area contributed by atoms with Crippen molar-refractivity contribution in [1.82, 2.24) is 0 Å². The van der Waals surface area contributed by atoms with Crippen molar-refractivity contribution in [3.8, 4) is 0 Å². The van der Waals surface area contributed by atoms with E-state index in [4.69, 9.17) is 9.47 Å². The Morgan fingerprint density at radius 3 is 3.21 bits per heavy atom. The normalized spacial score (nSPS) is 46.1. The third-order valence-corrected chi connectivity index (χ3v) is 3.58. The van der Waals surface area contributed by atoms with Crippen molar-refractivity contribution in [3.05, 3.63) is 11.6 Å². The number of ketones is 1. The lowest BCUT2D eigenvalue weighted by atomic mass is 9.74. The molecule has 4 unspecified atom stereocenters. The monoisotopic (exact) mass is 194 g/mol. The predicted molar refractivity (Wildman–Crippen MR) is 49.6 cm³/mol. The van der Waals surface area contributed by atoms with Gasteiger partial charge >= 0.3 is 0 Å². The van der Waals surface area contributed by atoms with Gasteiger partial charge in [-0.1, -0.05) is 11.6 Å². The van der Waals surface area contributed by atoms with Gasteiger partial charge in [-0.3, -0.25) is 4.79 Å². The van der Waals surface area contributed by atoms with E-state index in [1.165, 1.54) is 5.57 Å². The van der Waals surface area contributed by atoms with Gasteiger partial charge in [0.05, 0.1) is 12.7 Å². The minimum Gasteiger partial charge on any atom is -0.343 e. The van der Waals surface area contributed by atoms with Crippen LogP contribution >= 0.6 is 0 Å². The van der Waals surface area contributed by atoms with Gasteiger partial charge in [-0.2, -0.15) is 0 Å². The molecule has 2 heterocycles. The molecule has 76 valence electrons. The Morgan fingerprint density at radius 1 is 1.50 bits per heavy atom. The highest BCUT2D eigenvalue weighted by molar-refractivity contribution is 5.86. The summed E-state index contributed by atoms with van der Waals surface area (Å²) in [6, 6.07) is 0. The molecule has 0 aromatic carbocycles. The van der Waals surface area contributed by atoms with Gasteiger partial charge in [0.15, 0.2) is 5.78 Å². The van der Waals surface area contributed by atoms with Crippen LogP contribution in [0.3, 0.4) is 0 Å². The molecule has 3 heteroatoms. The number of hydrogen-bond acceptors (Lipinski definition) is 3. The van der Waals surface area contributed by atoms with Crippen LogP contribution in [0.25, 0.3) is 0 Å². The van der Waals surface area contributed by atoms with E-state index in [1.54, 1.807) is 0 Å². The number of rotatable bonds is 0. The first-order chi connectivity index (χ1) is 6.75. The Labute approximate surface area is 83.1 Å². The SMILES string of the molecule is CC1=CCC2C(=O)C3OCC(O3)C2C1. The highest BCUT2D eigenvalue weighted by Crippen LogP contribution is 2.41. The fourth-order valence-electron chi connectivity index (χ4n) is 2.79. The fraction of sp³-hybridized carbons (Fsp3) is 0.727. The zero-order valence-electron chi connectivity index (χ0n) is 8.23. The van der Waals surface area contributed by atoms with Gasteiger partial charge in [0.2, 0.25) is 6.29 Å². The summed E-state index contributed by atoms with van der Waals surface area (Å²) >= 11 is 0. The summed E-state index contributed by atoms with van der Waals surface area (Å²) in [5.74, 6) is 0.684. The molecule has 2 fully saturated rings. The van der Waals surface area contributed by atoms with Crippen LogP contribution < -0.4 is 0 Å². The number of carbonyl (C=O) groups is 1. The molecular formula is C11H14O3. The summed E-state index contributed by atoms with van der Waals surface area (Å²) < 4.78 is 10.8. The van der Waals surface area contributed by atoms with Gasteiger partial charge in [-0.05, 0) is 19.8 Å². The van der Waals surface area contributed by atoms with Gasteiger partial charge in [0.1, 0.15) is 0 Å². The van der Waals surface area contributed by atoms with Crippen molar-refractivity contribution >= 4 is 5.78 Å². The van der Waals surface area contributed by atoms with Gasteiger partial charge in [0, 0.05) is 11.8 Å². The molecule has 4 atom stereocenters. The van der Waals surface area contributed by atoms with Crippen LogP contribution in [0.1, 0.15) is 19.8 Å². The molecule has 2 bridgehead atoms. The van der Waals surface area contributed by atoms with Gasteiger partial charge in [-0.25, -0.2) is 0 Å². The number of fused-ring (bicyclic) bond motifs is 4. The smallest absolute Gasteiger partial charge is 0.218 e. The Morgan fingerprint density at radius 2 is 2.36 bits per heavy atom. The predicted octanol–water partition coefficient (Wildman–Crippen LogP) is 1.28.